The number of anilines is 2. The molecule has 88 valence electrons. The lowest BCUT2D eigenvalue weighted by atomic mass is 10.4. The molecule has 0 atom stereocenters. The van der Waals surface area contributed by atoms with Gasteiger partial charge in [0.1, 0.15) is 6.33 Å². The Morgan fingerprint density at radius 1 is 1.50 bits per heavy atom. The SMILES string of the molecule is CNc1ncnc(NCCSC)c1[N+](=O)[O-]. The summed E-state index contributed by atoms with van der Waals surface area (Å²) in [5.74, 6) is 1.32. The number of hydrogen-bond donors (Lipinski definition) is 2. The Labute approximate surface area is 97.2 Å². The Kier molecular flexibility index (Phi) is 4.77. The lowest BCUT2D eigenvalue weighted by Gasteiger charge is -2.07. The number of nitrogens with zero attached hydrogens (tertiary/aromatic N) is 3. The number of thioether (sulfide) groups is 1. The quantitative estimate of drug-likeness (QED) is 0.440. The second-order valence-electron chi connectivity index (χ2n) is 2.85. The van der Waals surface area contributed by atoms with E-state index in [1.165, 1.54) is 6.33 Å². The van der Waals surface area contributed by atoms with Crippen LogP contribution in [0.2, 0.25) is 0 Å². The second-order valence-corrected chi connectivity index (χ2v) is 3.83. The van der Waals surface area contributed by atoms with E-state index in [1.807, 2.05) is 6.26 Å². The molecule has 1 rings (SSSR count). The first-order chi connectivity index (χ1) is 7.70. The van der Waals surface area contributed by atoms with Crippen molar-refractivity contribution in [3.8, 4) is 0 Å². The zero-order chi connectivity index (χ0) is 12.0. The van der Waals surface area contributed by atoms with E-state index in [4.69, 9.17) is 0 Å². The average molecular weight is 243 g/mol. The average Bonchev–Trinajstić information content (AvgIpc) is 2.28. The highest BCUT2D eigenvalue weighted by atomic mass is 32.2. The monoisotopic (exact) mass is 243 g/mol. The van der Waals surface area contributed by atoms with Crippen molar-refractivity contribution in [2.45, 2.75) is 0 Å². The van der Waals surface area contributed by atoms with Gasteiger partial charge in [0.25, 0.3) is 0 Å². The van der Waals surface area contributed by atoms with E-state index in [0.717, 1.165) is 5.75 Å². The number of nitrogens with one attached hydrogen (secondary N) is 2. The molecule has 1 aromatic rings. The van der Waals surface area contributed by atoms with E-state index in [2.05, 4.69) is 20.6 Å². The zero-order valence-electron chi connectivity index (χ0n) is 9.06. The minimum atomic E-state index is -0.493. The maximum atomic E-state index is 10.9. The van der Waals surface area contributed by atoms with Crippen molar-refractivity contribution in [2.75, 3.05) is 36.2 Å². The van der Waals surface area contributed by atoms with Gasteiger partial charge in [0.15, 0.2) is 0 Å². The van der Waals surface area contributed by atoms with Crippen LogP contribution < -0.4 is 10.6 Å². The Balaban J connectivity index is 2.93. The van der Waals surface area contributed by atoms with Crippen molar-refractivity contribution in [1.82, 2.24) is 9.97 Å². The molecule has 8 heteroatoms. The van der Waals surface area contributed by atoms with Crippen LogP contribution in [-0.4, -0.2) is 40.5 Å². The predicted octanol–water partition coefficient (Wildman–Crippen LogP) is 1.20. The van der Waals surface area contributed by atoms with Crippen LogP contribution >= 0.6 is 11.8 Å². The second kappa shape index (κ2) is 6.11. The first-order valence-electron chi connectivity index (χ1n) is 4.60. The summed E-state index contributed by atoms with van der Waals surface area (Å²) >= 11 is 1.65. The minimum absolute atomic E-state index is 0.119. The zero-order valence-corrected chi connectivity index (χ0v) is 9.87. The van der Waals surface area contributed by atoms with Gasteiger partial charge in [-0.15, -0.1) is 0 Å². The van der Waals surface area contributed by atoms with Crippen molar-refractivity contribution in [3.05, 3.63) is 16.4 Å². The lowest BCUT2D eigenvalue weighted by Crippen LogP contribution is -2.10. The van der Waals surface area contributed by atoms with Gasteiger partial charge in [0.2, 0.25) is 11.6 Å². The molecule has 0 aliphatic rings. The lowest BCUT2D eigenvalue weighted by molar-refractivity contribution is -0.383. The molecule has 1 aromatic heterocycles. The Hall–Kier alpha value is -1.57. The summed E-state index contributed by atoms with van der Waals surface area (Å²) in [6, 6.07) is 0. The highest BCUT2D eigenvalue weighted by molar-refractivity contribution is 7.98. The third-order valence-electron chi connectivity index (χ3n) is 1.84. The Morgan fingerprint density at radius 2 is 2.19 bits per heavy atom. The van der Waals surface area contributed by atoms with E-state index in [-0.39, 0.29) is 17.3 Å². The van der Waals surface area contributed by atoms with Gasteiger partial charge in [0, 0.05) is 19.3 Å². The summed E-state index contributed by atoms with van der Waals surface area (Å²) in [7, 11) is 1.58. The molecule has 0 radical (unpaired) electrons. The van der Waals surface area contributed by atoms with Gasteiger partial charge >= 0.3 is 5.69 Å². The molecule has 0 aliphatic carbocycles. The van der Waals surface area contributed by atoms with Gasteiger partial charge in [-0.05, 0) is 6.26 Å². The van der Waals surface area contributed by atoms with E-state index in [1.54, 1.807) is 18.8 Å². The fourth-order valence-corrected chi connectivity index (χ4v) is 1.44. The fourth-order valence-electron chi connectivity index (χ4n) is 1.14. The fraction of sp³-hybridized carbons (Fsp3) is 0.500. The molecule has 0 aliphatic heterocycles. The molecule has 2 N–H and O–H groups in total. The van der Waals surface area contributed by atoms with Crippen molar-refractivity contribution in [1.29, 1.82) is 0 Å². The molecule has 1 heterocycles. The van der Waals surface area contributed by atoms with Crippen molar-refractivity contribution in [3.63, 3.8) is 0 Å². The van der Waals surface area contributed by atoms with Crippen LogP contribution in [-0.2, 0) is 0 Å². The van der Waals surface area contributed by atoms with Crippen LogP contribution in [0.1, 0.15) is 0 Å². The molecule has 0 unspecified atom stereocenters. The largest absolute Gasteiger partial charge is 0.367 e. The van der Waals surface area contributed by atoms with Gasteiger partial charge in [-0.2, -0.15) is 11.8 Å². The minimum Gasteiger partial charge on any atom is -0.367 e. The van der Waals surface area contributed by atoms with Crippen LogP contribution in [0.25, 0.3) is 0 Å². The standard InChI is InChI=1S/C8H13N5O2S/c1-9-7-6(13(14)15)8(12-5-11-7)10-3-4-16-2/h5H,3-4H2,1-2H3,(H2,9,10,11,12). The smallest absolute Gasteiger partial charge is 0.353 e. The molecule has 0 spiro atoms. The normalized spacial score (nSPS) is 9.88. The number of aromatic nitrogens is 2. The first-order valence-corrected chi connectivity index (χ1v) is 6.00. The van der Waals surface area contributed by atoms with Crippen molar-refractivity contribution in [2.24, 2.45) is 0 Å². The number of nitro groups is 1. The molecule has 0 bridgehead atoms. The summed E-state index contributed by atoms with van der Waals surface area (Å²) in [6.07, 6.45) is 3.26. The van der Waals surface area contributed by atoms with E-state index < -0.39 is 4.92 Å². The molecule has 0 saturated heterocycles. The topological polar surface area (TPSA) is 93.0 Å². The van der Waals surface area contributed by atoms with Crippen molar-refractivity contribution < 1.29 is 4.92 Å². The summed E-state index contributed by atoms with van der Waals surface area (Å²) < 4.78 is 0. The molecule has 7 nitrogen and oxygen atoms in total. The molecular weight excluding hydrogens is 230 g/mol. The van der Waals surface area contributed by atoms with Crippen LogP contribution in [0.3, 0.4) is 0 Å². The Morgan fingerprint density at radius 3 is 2.75 bits per heavy atom. The van der Waals surface area contributed by atoms with Gasteiger partial charge in [-0.1, -0.05) is 0 Å². The molecular formula is C8H13N5O2S. The summed E-state index contributed by atoms with van der Waals surface area (Å²) in [6.45, 7) is 0.627. The third kappa shape index (κ3) is 2.96. The van der Waals surface area contributed by atoms with Crippen LogP contribution in [0.4, 0.5) is 17.3 Å². The first kappa shape index (κ1) is 12.5. The van der Waals surface area contributed by atoms with E-state index in [9.17, 15) is 10.1 Å². The maximum Gasteiger partial charge on any atom is 0.353 e. The van der Waals surface area contributed by atoms with Gasteiger partial charge in [0.05, 0.1) is 4.92 Å². The molecule has 16 heavy (non-hydrogen) atoms. The number of hydrogen-bond acceptors (Lipinski definition) is 7. The van der Waals surface area contributed by atoms with Crippen LogP contribution in [0.15, 0.2) is 6.33 Å². The summed E-state index contributed by atoms with van der Waals surface area (Å²) in [5, 5.41) is 16.5. The van der Waals surface area contributed by atoms with Crippen molar-refractivity contribution >= 4 is 29.1 Å². The van der Waals surface area contributed by atoms with Gasteiger partial charge in [-0.25, -0.2) is 9.97 Å². The molecule has 0 fully saturated rings. The summed E-state index contributed by atoms with van der Waals surface area (Å²) in [4.78, 5) is 18.0. The van der Waals surface area contributed by atoms with Gasteiger partial charge in [-0.3, -0.25) is 10.1 Å². The molecule has 0 amide bonds. The van der Waals surface area contributed by atoms with E-state index in [0.29, 0.717) is 6.54 Å². The highest BCUT2D eigenvalue weighted by Gasteiger charge is 2.21. The molecule has 0 saturated carbocycles. The predicted molar refractivity (Wildman–Crippen MR) is 65.1 cm³/mol. The van der Waals surface area contributed by atoms with Crippen LogP contribution in [0.5, 0.6) is 0 Å². The number of rotatable bonds is 6. The van der Waals surface area contributed by atoms with Gasteiger partial charge < -0.3 is 10.6 Å². The maximum absolute atomic E-state index is 10.9. The Bertz CT molecular complexity index is 373. The summed E-state index contributed by atoms with van der Waals surface area (Å²) in [5.41, 5.74) is -0.119. The van der Waals surface area contributed by atoms with E-state index >= 15 is 0 Å². The third-order valence-corrected chi connectivity index (χ3v) is 2.45. The molecule has 0 aromatic carbocycles. The highest BCUT2D eigenvalue weighted by Crippen LogP contribution is 2.27. The van der Waals surface area contributed by atoms with Crippen LogP contribution in [0, 0.1) is 10.1 Å².